The third kappa shape index (κ3) is 7.28. The first kappa shape index (κ1) is 17.2. The van der Waals surface area contributed by atoms with Crippen LogP contribution in [0, 0.1) is 12.7 Å². The first-order chi connectivity index (χ1) is 8.68. The molecule has 0 aliphatic rings. The highest BCUT2D eigenvalue weighted by Gasteiger charge is 2.28. The van der Waals surface area contributed by atoms with E-state index in [0.29, 0.717) is 12.4 Å². The molecule has 0 saturated carbocycles. The first-order valence-corrected chi connectivity index (χ1v) is 5.35. The lowest BCUT2D eigenvalue weighted by Crippen LogP contribution is -2.37. The number of aryl methyl sites for hydroxylation is 1. The maximum absolute atomic E-state index is 13.0. The third-order valence-corrected chi connectivity index (χ3v) is 1.78. The number of carboxylic acid groups (broad SMARTS) is 1. The van der Waals surface area contributed by atoms with Crippen LogP contribution in [0.15, 0.2) is 18.2 Å². The summed E-state index contributed by atoms with van der Waals surface area (Å²) in [6, 6.07) is 4.99. The summed E-state index contributed by atoms with van der Waals surface area (Å²) in [7, 11) is 0. The number of carbonyl (C=O) groups is 1. The highest BCUT2D eigenvalue weighted by atomic mass is 19.4. The van der Waals surface area contributed by atoms with Crippen LogP contribution in [0.5, 0.6) is 5.75 Å². The number of carbonyl (C=O) groups excluding carboxylic acids is 1. The largest absolute Gasteiger partial charge is 0.542 e. The molecule has 1 aromatic rings. The highest BCUT2D eigenvalue weighted by Crippen LogP contribution is 2.17. The van der Waals surface area contributed by atoms with Gasteiger partial charge in [0, 0.05) is 0 Å². The zero-order valence-electron chi connectivity index (χ0n) is 10.4. The molecule has 0 fully saturated rings. The van der Waals surface area contributed by atoms with Gasteiger partial charge >= 0.3 is 6.18 Å². The van der Waals surface area contributed by atoms with Crippen molar-refractivity contribution < 1.29 is 32.2 Å². The van der Waals surface area contributed by atoms with E-state index in [1.54, 1.807) is 6.07 Å². The Morgan fingerprint density at radius 1 is 1.37 bits per heavy atom. The minimum Gasteiger partial charge on any atom is -0.542 e. The molecule has 0 heterocycles. The van der Waals surface area contributed by atoms with E-state index in [0.717, 1.165) is 12.0 Å². The van der Waals surface area contributed by atoms with Crippen molar-refractivity contribution in [2.45, 2.75) is 26.4 Å². The molecule has 0 amide bonds. The van der Waals surface area contributed by atoms with Crippen LogP contribution >= 0.6 is 0 Å². The molecule has 0 atom stereocenters. The van der Waals surface area contributed by atoms with Gasteiger partial charge in [-0.1, -0.05) is 13.0 Å². The van der Waals surface area contributed by atoms with E-state index < -0.39 is 12.1 Å². The zero-order chi connectivity index (χ0) is 15.1. The minimum absolute atomic E-state index is 0.275. The second kappa shape index (κ2) is 7.60. The smallest absolute Gasteiger partial charge is 0.430 e. The van der Waals surface area contributed by atoms with Gasteiger partial charge < -0.3 is 14.6 Å². The average Bonchev–Trinajstić information content (AvgIpc) is 2.27. The summed E-state index contributed by atoms with van der Waals surface area (Å²) in [5, 5.41) is 8.78. The molecule has 108 valence electrons. The van der Waals surface area contributed by atoms with Crippen molar-refractivity contribution in [1.29, 1.82) is 0 Å². The molecule has 0 spiro atoms. The second-order valence-electron chi connectivity index (χ2n) is 3.57. The summed E-state index contributed by atoms with van der Waals surface area (Å²) >= 11 is 0. The number of alkyl halides is 3. The van der Waals surface area contributed by atoms with Crippen LogP contribution in [0.25, 0.3) is 0 Å². The number of ether oxygens (including phenoxy) is 1. The molecule has 0 aliphatic carbocycles. The molecule has 1 rings (SSSR count). The van der Waals surface area contributed by atoms with Crippen LogP contribution in [0.4, 0.5) is 17.6 Å². The average molecular weight is 281 g/mol. The van der Waals surface area contributed by atoms with Gasteiger partial charge in [-0.3, -0.25) is 0 Å². The Hall–Kier alpha value is -1.79. The van der Waals surface area contributed by atoms with Crippen molar-refractivity contribution in [3.8, 4) is 5.75 Å². The maximum Gasteiger partial charge on any atom is 0.430 e. The van der Waals surface area contributed by atoms with Crippen LogP contribution in [0.2, 0.25) is 0 Å². The SMILES string of the molecule is CCCOc1ccc(C)cc1F.O=C([O-])C(F)(F)F. The summed E-state index contributed by atoms with van der Waals surface area (Å²) in [5.41, 5.74) is 0.913. The van der Waals surface area contributed by atoms with Gasteiger partial charge in [-0.05, 0) is 31.0 Å². The van der Waals surface area contributed by atoms with Gasteiger partial charge in [-0.25, -0.2) is 4.39 Å². The number of hydrogen-bond acceptors (Lipinski definition) is 3. The van der Waals surface area contributed by atoms with Gasteiger partial charge in [0.15, 0.2) is 11.6 Å². The maximum atomic E-state index is 13.0. The van der Waals surface area contributed by atoms with E-state index in [9.17, 15) is 17.6 Å². The Kier molecular flexibility index (Phi) is 6.89. The van der Waals surface area contributed by atoms with Crippen molar-refractivity contribution >= 4 is 5.97 Å². The van der Waals surface area contributed by atoms with Crippen molar-refractivity contribution in [3.05, 3.63) is 29.6 Å². The standard InChI is InChI=1S/C10H13FO.C2HF3O2/c1-3-6-12-10-5-4-8(2)7-9(10)11;3-2(4,5)1(6)7/h4-5,7H,3,6H2,1-2H3;(H,6,7)/p-1. The molecule has 19 heavy (non-hydrogen) atoms. The normalized spacial score (nSPS) is 10.4. The number of aliphatic carboxylic acids is 1. The number of halogens is 4. The fourth-order valence-electron chi connectivity index (χ4n) is 0.935. The lowest BCUT2D eigenvalue weighted by atomic mass is 10.2. The Morgan fingerprint density at radius 2 is 1.89 bits per heavy atom. The van der Waals surface area contributed by atoms with Crippen molar-refractivity contribution in [3.63, 3.8) is 0 Å². The number of benzene rings is 1. The molecule has 0 bridgehead atoms. The van der Waals surface area contributed by atoms with Crippen LogP contribution < -0.4 is 9.84 Å². The van der Waals surface area contributed by atoms with E-state index in [4.69, 9.17) is 14.6 Å². The summed E-state index contributed by atoms with van der Waals surface area (Å²) in [6.07, 6.45) is -4.30. The van der Waals surface area contributed by atoms with Crippen LogP contribution in [0.1, 0.15) is 18.9 Å². The van der Waals surface area contributed by atoms with Gasteiger partial charge in [0.05, 0.1) is 6.61 Å². The Bertz CT molecular complexity index is 416. The molecular weight excluding hydrogens is 268 g/mol. The molecule has 3 nitrogen and oxygen atoms in total. The van der Waals surface area contributed by atoms with Gasteiger partial charge in [-0.15, -0.1) is 0 Å². The van der Waals surface area contributed by atoms with Crippen LogP contribution in [0.3, 0.4) is 0 Å². The molecule has 0 radical (unpaired) electrons. The predicted molar refractivity (Wildman–Crippen MR) is 58.0 cm³/mol. The molecule has 0 saturated heterocycles. The Morgan fingerprint density at radius 3 is 2.26 bits per heavy atom. The quantitative estimate of drug-likeness (QED) is 0.798. The molecular formula is C12H13F4O3-. The van der Waals surface area contributed by atoms with Crippen molar-refractivity contribution in [1.82, 2.24) is 0 Å². The monoisotopic (exact) mass is 281 g/mol. The lowest BCUT2D eigenvalue weighted by molar-refractivity contribution is -0.344. The summed E-state index contributed by atoms with van der Waals surface area (Å²) in [6.45, 7) is 4.42. The summed E-state index contributed by atoms with van der Waals surface area (Å²) in [4.78, 5) is 8.78. The minimum atomic E-state index is -5.19. The molecule has 0 unspecified atom stereocenters. The van der Waals surface area contributed by atoms with Crippen LogP contribution in [-0.2, 0) is 4.79 Å². The van der Waals surface area contributed by atoms with E-state index in [1.807, 2.05) is 19.9 Å². The van der Waals surface area contributed by atoms with Gasteiger partial charge in [0.25, 0.3) is 0 Å². The molecule has 0 N–H and O–H groups in total. The van der Waals surface area contributed by atoms with E-state index in [1.165, 1.54) is 6.07 Å². The molecule has 7 heteroatoms. The zero-order valence-corrected chi connectivity index (χ0v) is 10.4. The van der Waals surface area contributed by atoms with Gasteiger partial charge in [0.1, 0.15) is 5.97 Å². The molecule has 1 aromatic carbocycles. The van der Waals surface area contributed by atoms with Crippen molar-refractivity contribution in [2.75, 3.05) is 6.61 Å². The van der Waals surface area contributed by atoms with Gasteiger partial charge in [-0.2, -0.15) is 13.2 Å². The number of hydrogen-bond donors (Lipinski definition) is 0. The highest BCUT2D eigenvalue weighted by molar-refractivity contribution is 5.70. The summed E-state index contributed by atoms with van der Waals surface area (Å²) in [5.74, 6) is -2.93. The number of carboxylic acids is 1. The fourth-order valence-corrected chi connectivity index (χ4v) is 0.935. The van der Waals surface area contributed by atoms with Crippen molar-refractivity contribution in [2.24, 2.45) is 0 Å². The lowest BCUT2D eigenvalue weighted by Gasteiger charge is -2.05. The fraction of sp³-hybridized carbons (Fsp3) is 0.417. The van der Waals surface area contributed by atoms with E-state index in [2.05, 4.69) is 0 Å². The first-order valence-electron chi connectivity index (χ1n) is 5.35. The van der Waals surface area contributed by atoms with Gasteiger partial charge in [0.2, 0.25) is 0 Å². The predicted octanol–water partition coefficient (Wildman–Crippen LogP) is 2.22. The second-order valence-corrected chi connectivity index (χ2v) is 3.57. The summed E-state index contributed by atoms with van der Waals surface area (Å²) < 4.78 is 49.8. The number of rotatable bonds is 3. The van der Waals surface area contributed by atoms with Crippen LogP contribution in [-0.4, -0.2) is 18.8 Å². The molecule has 0 aliphatic heterocycles. The third-order valence-electron chi connectivity index (χ3n) is 1.78. The van der Waals surface area contributed by atoms with E-state index in [-0.39, 0.29) is 5.82 Å². The topological polar surface area (TPSA) is 49.4 Å². The molecule has 0 aromatic heterocycles. The Labute approximate surface area is 107 Å². The Balaban J connectivity index is 0.000000399. The van der Waals surface area contributed by atoms with E-state index >= 15 is 0 Å².